The third-order valence-corrected chi connectivity index (χ3v) is 4.39. The summed E-state index contributed by atoms with van der Waals surface area (Å²) in [7, 11) is 3.27. The fourth-order valence-corrected chi connectivity index (χ4v) is 3.16. The van der Waals surface area contributed by atoms with Gasteiger partial charge in [-0.3, -0.25) is 14.5 Å². The highest BCUT2D eigenvalue weighted by atomic mass is 16.5. The SMILES string of the molecule is COCCc1noc(CN(C)C(=O)[C@@H]2Cc3ccccc3N2C(C)=O)n1. The van der Waals surface area contributed by atoms with Gasteiger partial charge < -0.3 is 14.2 Å². The third kappa shape index (κ3) is 3.60. The molecule has 138 valence electrons. The molecule has 26 heavy (non-hydrogen) atoms. The minimum absolute atomic E-state index is 0.152. The van der Waals surface area contributed by atoms with E-state index in [9.17, 15) is 9.59 Å². The summed E-state index contributed by atoms with van der Waals surface area (Å²) in [6.45, 7) is 2.17. The van der Waals surface area contributed by atoms with Crippen LogP contribution in [0.5, 0.6) is 0 Å². The lowest BCUT2D eigenvalue weighted by atomic mass is 10.1. The largest absolute Gasteiger partial charge is 0.384 e. The number of aromatic nitrogens is 2. The lowest BCUT2D eigenvalue weighted by molar-refractivity contribution is -0.133. The number of methoxy groups -OCH3 is 1. The molecule has 8 nitrogen and oxygen atoms in total. The minimum atomic E-state index is -0.550. The van der Waals surface area contributed by atoms with Gasteiger partial charge in [0, 0.05) is 39.6 Å². The van der Waals surface area contributed by atoms with Crippen molar-refractivity contribution in [2.75, 3.05) is 25.7 Å². The number of anilines is 1. The van der Waals surface area contributed by atoms with E-state index in [0.29, 0.717) is 31.2 Å². The number of likely N-dealkylation sites (N-methyl/N-ethyl adjacent to an activating group) is 1. The first-order valence-electron chi connectivity index (χ1n) is 8.44. The Labute approximate surface area is 151 Å². The number of nitrogens with zero attached hydrogens (tertiary/aromatic N) is 4. The monoisotopic (exact) mass is 358 g/mol. The molecule has 0 saturated carbocycles. The van der Waals surface area contributed by atoms with Crippen LogP contribution in [-0.2, 0) is 33.7 Å². The van der Waals surface area contributed by atoms with Crippen molar-refractivity contribution >= 4 is 17.5 Å². The first kappa shape index (κ1) is 18.1. The normalized spacial score (nSPS) is 15.8. The van der Waals surface area contributed by atoms with Crippen LogP contribution < -0.4 is 4.90 Å². The van der Waals surface area contributed by atoms with Crippen molar-refractivity contribution in [2.24, 2.45) is 0 Å². The van der Waals surface area contributed by atoms with E-state index >= 15 is 0 Å². The number of carbonyl (C=O) groups is 2. The van der Waals surface area contributed by atoms with E-state index in [-0.39, 0.29) is 18.4 Å². The van der Waals surface area contributed by atoms with Gasteiger partial charge in [0.2, 0.25) is 17.7 Å². The Kier molecular flexibility index (Phi) is 5.32. The number of ether oxygens (including phenoxy) is 1. The van der Waals surface area contributed by atoms with Crippen LogP contribution in [0.4, 0.5) is 5.69 Å². The van der Waals surface area contributed by atoms with E-state index in [1.807, 2.05) is 24.3 Å². The van der Waals surface area contributed by atoms with E-state index in [0.717, 1.165) is 11.3 Å². The highest BCUT2D eigenvalue weighted by molar-refractivity contribution is 6.02. The highest BCUT2D eigenvalue weighted by Gasteiger charge is 2.38. The number of hydrogen-bond acceptors (Lipinski definition) is 6. The predicted octanol–water partition coefficient (Wildman–Crippen LogP) is 1.19. The van der Waals surface area contributed by atoms with Crippen LogP contribution in [0.3, 0.4) is 0 Å². The van der Waals surface area contributed by atoms with Crippen molar-refractivity contribution in [3.63, 3.8) is 0 Å². The number of amides is 2. The number of hydrogen-bond donors (Lipinski definition) is 0. The van der Waals surface area contributed by atoms with E-state index < -0.39 is 6.04 Å². The van der Waals surface area contributed by atoms with Crippen LogP contribution in [0, 0.1) is 0 Å². The molecule has 1 aromatic carbocycles. The molecule has 1 aromatic heterocycles. The molecule has 0 spiro atoms. The van der Waals surface area contributed by atoms with Gasteiger partial charge in [-0.25, -0.2) is 0 Å². The maximum absolute atomic E-state index is 12.9. The summed E-state index contributed by atoms with van der Waals surface area (Å²) in [6.07, 6.45) is 1.05. The van der Waals surface area contributed by atoms with Crippen LogP contribution in [0.15, 0.2) is 28.8 Å². The Morgan fingerprint density at radius 1 is 1.38 bits per heavy atom. The summed E-state index contributed by atoms with van der Waals surface area (Å²) in [5.41, 5.74) is 1.79. The fourth-order valence-electron chi connectivity index (χ4n) is 3.16. The average Bonchev–Trinajstić information content (AvgIpc) is 3.23. The molecule has 0 aliphatic carbocycles. The van der Waals surface area contributed by atoms with Gasteiger partial charge >= 0.3 is 0 Å². The predicted molar refractivity (Wildman–Crippen MR) is 93.4 cm³/mol. The van der Waals surface area contributed by atoms with Gasteiger partial charge in [0.15, 0.2) is 5.82 Å². The molecule has 0 radical (unpaired) electrons. The molecule has 2 heterocycles. The van der Waals surface area contributed by atoms with Gasteiger partial charge in [-0.15, -0.1) is 0 Å². The standard InChI is InChI=1S/C18H22N4O4/c1-12(23)22-14-7-5-4-6-13(14)10-15(22)18(24)21(2)11-17-19-16(20-26-17)8-9-25-3/h4-7,15H,8-11H2,1-3H3/t15-/m0/s1. The lowest BCUT2D eigenvalue weighted by Gasteiger charge is -2.27. The van der Waals surface area contributed by atoms with Crippen molar-refractivity contribution in [2.45, 2.75) is 32.4 Å². The molecule has 0 bridgehead atoms. The van der Waals surface area contributed by atoms with Crippen molar-refractivity contribution < 1.29 is 18.8 Å². The zero-order chi connectivity index (χ0) is 18.7. The molecule has 0 unspecified atom stereocenters. The smallest absolute Gasteiger partial charge is 0.246 e. The Bertz CT molecular complexity index is 804. The van der Waals surface area contributed by atoms with Gasteiger partial charge in [0.1, 0.15) is 6.04 Å². The van der Waals surface area contributed by atoms with Crippen LogP contribution in [0.25, 0.3) is 0 Å². The maximum Gasteiger partial charge on any atom is 0.246 e. The Balaban J connectivity index is 1.70. The molecular weight excluding hydrogens is 336 g/mol. The van der Waals surface area contributed by atoms with Gasteiger partial charge in [-0.2, -0.15) is 4.98 Å². The van der Waals surface area contributed by atoms with E-state index in [1.54, 1.807) is 19.1 Å². The van der Waals surface area contributed by atoms with Crippen molar-refractivity contribution in [3.8, 4) is 0 Å². The molecule has 2 amide bonds. The number of rotatable bonds is 6. The molecule has 1 aliphatic rings. The molecular formula is C18H22N4O4. The lowest BCUT2D eigenvalue weighted by Crippen LogP contribution is -2.47. The zero-order valence-corrected chi connectivity index (χ0v) is 15.1. The van der Waals surface area contributed by atoms with Crippen LogP contribution >= 0.6 is 0 Å². The van der Waals surface area contributed by atoms with Crippen molar-refractivity contribution in [1.29, 1.82) is 0 Å². The summed E-state index contributed by atoms with van der Waals surface area (Å²) >= 11 is 0. The van der Waals surface area contributed by atoms with Gasteiger partial charge in [-0.1, -0.05) is 23.4 Å². The highest BCUT2D eigenvalue weighted by Crippen LogP contribution is 2.32. The van der Waals surface area contributed by atoms with Crippen molar-refractivity contribution in [1.82, 2.24) is 15.0 Å². The van der Waals surface area contributed by atoms with Crippen LogP contribution in [0.1, 0.15) is 24.2 Å². The number of carbonyl (C=O) groups excluding carboxylic acids is 2. The second-order valence-electron chi connectivity index (χ2n) is 6.28. The first-order chi connectivity index (χ1) is 12.5. The molecule has 1 aliphatic heterocycles. The molecule has 0 N–H and O–H groups in total. The summed E-state index contributed by atoms with van der Waals surface area (Å²) in [5, 5.41) is 3.87. The first-order valence-corrected chi connectivity index (χ1v) is 8.44. The van der Waals surface area contributed by atoms with E-state index in [4.69, 9.17) is 9.26 Å². The Morgan fingerprint density at radius 3 is 2.88 bits per heavy atom. The maximum atomic E-state index is 12.9. The summed E-state index contributed by atoms with van der Waals surface area (Å²) < 4.78 is 10.2. The zero-order valence-electron chi connectivity index (χ0n) is 15.1. The van der Waals surface area contributed by atoms with Crippen molar-refractivity contribution in [3.05, 3.63) is 41.5 Å². The average molecular weight is 358 g/mol. The topological polar surface area (TPSA) is 88.8 Å². The molecule has 0 fully saturated rings. The van der Waals surface area contributed by atoms with Crippen LogP contribution in [0.2, 0.25) is 0 Å². The van der Waals surface area contributed by atoms with Gasteiger partial charge in [0.25, 0.3) is 0 Å². The second-order valence-corrected chi connectivity index (χ2v) is 6.28. The van der Waals surface area contributed by atoms with Gasteiger partial charge in [0.05, 0.1) is 13.2 Å². The second kappa shape index (κ2) is 7.65. The van der Waals surface area contributed by atoms with E-state index in [1.165, 1.54) is 11.8 Å². The summed E-state index contributed by atoms with van der Waals surface area (Å²) in [5.74, 6) is 0.590. The fraction of sp³-hybridized carbons (Fsp3) is 0.444. The minimum Gasteiger partial charge on any atom is -0.384 e. The summed E-state index contributed by atoms with van der Waals surface area (Å²) in [4.78, 5) is 32.4. The molecule has 8 heteroatoms. The summed E-state index contributed by atoms with van der Waals surface area (Å²) in [6, 6.07) is 7.03. The molecule has 0 saturated heterocycles. The Hall–Kier alpha value is -2.74. The van der Waals surface area contributed by atoms with Crippen LogP contribution in [-0.4, -0.2) is 53.7 Å². The molecule has 3 rings (SSSR count). The van der Waals surface area contributed by atoms with Gasteiger partial charge in [-0.05, 0) is 11.6 Å². The third-order valence-electron chi connectivity index (χ3n) is 4.39. The number of para-hydroxylation sites is 1. The Morgan fingerprint density at radius 2 is 2.15 bits per heavy atom. The number of fused-ring (bicyclic) bond motifs is 1. The quantitative estimate of drug-likeness (QED) is 0.771. The molecule has 1 atom stereocenters. The molecule has 2 aromatic rings. The van der Waals surface area contributed by atoms with E-state index in [2.05, 4.69) is 10.1 Å². The number of benzene rings is 1.